The lowest BCUT2D eigenvalue weighted by molar-refractivity contribution is 0.0828. The van der Waals surface area contributed by atoms with Gasteiger partial charge in [-0.15, -0.1) is 0 Å². The maximum atomic E-state index is 12.4. The first-order valence-corrected chi connectivity index (χ1v) is 7.45. The van der Waals surface area contributed by atoms with Crippen LogP contribution in [0, 0.1) is 5.92 Å². The largest absolute Gasteiger partial charge is 0.379 e. The number of rotatable bonds is 6. The van der Waals surface area contributed by atoms with Crippen LogP contribution in [0.5, 0.6) is 0 Å². The number of nitrogens with zero attached hydrogens (tertiary/aromatic N) is 2. The molecular formula is C16H21N3O2. The summed E-state index contributed by atoms with van der Waals surface area (Å²) < 4.78 is 7.25. The highest BCUT2D eigenvalue weighted by molar-refractivity contribution is 6.05. The molecule has 1 N–H and O–H groups in total. The van der Waals surface area contributed by atoms with E-state index in [0.29, 0.717) is 12.3 Å². The van der Waals surface area contributed by atoms with Crippen LogP contribution in [-0.4, -0.2) is 34.9 Å². The fraction of sp³-hybridized carbons (Fsp3) is 0.500. The average Bonchev–Trinajstić information content (AvgIpc) is 3.19. The third-order valence-corrected chi connectivity index (χ3v) is 3.75. The summed E-state index contributed by atoms with van der Waals surface area (Å²) in [4.78, 5) is 12.4. The van der Waals surface area contributed by atoms with Crippen LogP contribution in [0.4, 0.5) is 0 Å². The normalized spacial score (nSPS) is 16.1. The molecule has 1 atom stereocenters. The Morgan fingerprint density at radius 2 is 2.24 bits per heavy atom. The molecule has 2 aromatic rings. The zero-order valence-corrected chi connectivity index (χ0v) is 12.5. The lowest BCUT2D eigenvalue weighted by Crippen LogP contribution is -2.37. The molecule has 1 unspecified atom stereocenters. The first kappa shape index (κ1) is 14.1. The number of fused-ring (bicyclic) bond motifs is 1. The Kier molecular flexibility index (Phi) is 3.92. The van der Waals surface area contributed by atoms with E-state index in [0.717, 1.165) is 23.4 Å². The molecular weight excluding hydrogens is 266 g/mol. The lowest BCUT2D eigenvalue weighted by Gasteiger charge is -2.14. The summed E-state index contributed by atoms with van der Waals surface area (Å²) in [5.74, 6) is 0.641. The molecule has 5 nitrogen and oxygen atoms in total. The smallest absolute Gasteiger partial charge is 0.270 e. The second kappa shape index (κ2) is 5.85. The first-order valence-electron chi connectivity index (χ1n) is 7.45. The molecule has 21 heavy (non-hydrogen) atoms. The molecule has 0 saturated heterocycles. The highest BCUT2D eigenvalue weighted by Gasteiger charge is 2.22. The summed E-state index contributed by atoms with van der Waals surface area (Å²) in [6.45, 7) is 3.33. The van der Waals surface area contributed by atoms with Crippen LogP contribution in [0.25, 0.3) is 10.9 Å². The van der Waals surface area contributed by atoms with Gasteiger partial charge in [0, 0.05) is 25.1 Å². The number of amides is 1. The molecule has 5 heteroatoms. The second-order valence-electron chi connectivity index (χ2n) is 5.84. The van der Waals surface area contributed by atoms with E-state index in [1.807, 2.05) is 31.2 Å². The fourth-order valence-corrected chi connectivity index (χ4v) is 2.45. The van der Waals surface area contributed by atoms with Gasteiger partial charge in [0.2, 0.25) is 0 Å². The van der Waals surface area contributed by atoms with E-state index in [1.54, 1.807) is 11.7 Å². The molecule has 3 rings (SSSR count). The minimum absolute atomic E-state index is 0.00934. The number of hydrogen-bond acceptors (Lipinski definition) is 3. The van der Waals surface area contributed by atoms with Gasteiger partial charge in [-0.1, -0.05) is 18.2 Å². The van der Waals surface area contributed by atoms with Crippen molar-refractivity contribution in [3.63, 3.8) is 0 Å². The van der Waals surface area contributed by atoms with Crippen LogP contribution in [0.15, 0.2) is 24.3 Å². The van der Waals surface area contributed by atoms with Gasteiger partial charge in [-0.05, 0) is 31.7 Å². The Balaban J connectivity index is 1.64. The van der Waals surface area contributed by atoms with E-state index in [1.165, 1.54) is 12.8 Å². The van der Waals surface area contributed by atoms with Gasteiger partial charge in [0.15, 0.2) is 0 Å². The Morgan fingerprint density at radius 3 is 3.00 bits per heavy atom. The van der Waals surface area contributed by atoms with Crippen LogP contribution in [-0.2, 0) is 11.8 Å². The first-order chi connectivity index (χ1) is 10.1. The highest BCUT2D eigenvalue weighted by Crippen LogP contribution is 2.28. The van der Waals surface area contributed by atoms with Gasteiger partial charge in [0.05, 0.1) is 12.1 Å². The topological polar surface area (TPSA) is 56.1 Å². The lowest BCUT2D eigenvalue weighted by atomic mass is 10.2. The van der Waals surface area contributed by atoms with Crippen molar-refractivity contribution in [2.45, 2.75) is 25.8 Å². The number of carbonyl (C=O) groups is 1. The van der Waals surface area contributed by atoms with Gasteiger partial charge >= 0.3 is 0 Å². The molecule has 1 amide bonds. The van der Waals surface area contributed by atoms with Crippen LogP contribution >= 0.6 is 0 Å². The van der Waals surface area contributed by atoms with Crippen molar-refractivity contribution in [1.29, 1.82) is 0 Å². The van der Waals surface area contributed by atoms with Crippen molar-refractivity contribution in [2.24, 2.45) is 13.0 Å². The number of aromatic nitrogens is 2. The van der Waals surface area contributed by atoms with Crippen LogP contribution < -0.4 is 5.32 Å². The van der Waals surface area contributed by atoms with Crippen LogP contribution in [0.1, 0.15) is 30.3 Å². The van der Waals surface area contributed by atoms with Gasteiger partial charge in [-0.25, -0.2) is 0 Å². The fourth-order valence-electron chi connectivity index (χ4n) is 2.45. The summed E-state index contributed by atoms with van der Waals surface area (Å²) in [6.07, 6.45) is 2.56. The van der Waals surface area contributed by atoms with E-state index in [2.05, 4.69) is 10.4 Å². The van der Waals surface area contributed by atoms with Gasteiger partial charge in [0.25, 0.3) is 5.91 Å². The van der Waals surface area contributed by atoms with Crippen molar-refractivity contribution < 1.29 is 9.53 Å². The molecule has 1 aromatic carbocycles. The van der Waals surface area contributed by atoms with Crippen molar-refractivity contribution in [3.8, 4) is 0 Å². The van der Waals surface area contributed by atoms with Crippen LogP contribution in [0.3, 0.4) is 0 Å². The van der Waals surface area contributed by atoms with Crippen molar-refractivity contribution in [3.05, 3.63) is 30.0 Å². The van der Waals surface area contributed by atoms with E-state index in [9.17, 15) is 4.79 Å². The number of benzene rings is 1. The molecule has 1 fully saturated rings. The van der Waals surface area contributed by atoms with Gasteiger partial charge in [-0.2, -0.15) is 5.10 Å². The number of nitrogens with one attached hydrogen (secondary N) is 1. The molecule has 0 radical (unpaired) electrons. The summed E-state index contributed by atoms with van der Waals surface area (Å²) in [5, 5.41) is 8.22. The van der Waals surface area contributed by atoms with Crippen molar-refractivity contribution in [2.75, 3.05) is 13.2 Å². The van der Waals surface area contributed by atoms with Crippen molar-refractivity contribution >= 4 is 16.8 Å². The summed E-state index contributed by atoms with van der Waals surface area (Å²) in [7, 11) is 1.79. The molecule has 1 aliphatic rings. The van der Waals surface area contributed by atoms with Crippen molar-refractivity contribution in [1.82, 2.24) is 15.1 Å². The van der Waals surface area contributed by atoms with E-state index >= 15 is 0 Å². The molecule has 1 saturated carbocycles. The second-order valence-corrected chi connectivity index (χ2v) is 5.84. The third kappa shape index (κ3) is 3.24. The van der Waals surface area contributed by atoms with Gasteiger partial charge in [-0.3, -0.25) is 9.48 Å². The Bertz CT molecular complexity index is 646. The van der Waals surface area contributed by atoms with E-state index < -0.39 is 0 Å². The third-order valence-electron chi connectivity index (χ3n) is 3.75. The quantitative estimate of drug-likeness (QED) is 0.885. The molecule has 0 aliphatic heterocycles. The number of carbonyl (C=O) groups excluding carboxylic acids is 1. The SMILES string of the molecule is CC(COCC1CC1)NC(=O)c1c2ccccc2nn1C. The summed E-state index contributed by atoms with van der Waals surface area (Å²) in [5.41, 5.74) is 1.43. The minimum Gasteiger partial charge on any atom is -0.379 e. The zero-order chi connectivity index (χ0) is 14.8. The highest BCUT2D eigenvalue weighted by atomic mass is 16.5. The Morgan fingerprint density at radius 1 is 1.48 bits per heavy atom. The van der Waals surface area contributed by atoms with Gasteiger partial charge in [0.1, 0.15) is 5.69 Å². The predicted octanol–water partition coefficient (Wildman–Crippen LogP) is 2.12. The predicted molar refractivity (Wildman–Crippen MR) is 81.2 cm³/mol. The maximum absolute atomic E-state index is 12.4. The zero-order valence-electron chi connectivity index (χ0n) is 12.5. The number of ether oxygens (including phenoxy) is 1. The maximum Gasteiger partial charge on any atom is 0.270 e. The van der Waals surface area contributed by atoms with Crippen LogP contribution in [0.2, 0.25) is 0 Å². The standard InChI is InChI=1S/C16H21N3O2/c1-11(9-21-10-12-7-8-12)17-16(20)15-13-5-3-4-6-14(13)18-19(15)2/h3-6,11-12H,7-10H2,1-2H3,(H,17,20). The molecule has 0 spiro atoms. The van der Waals surface area contributed by atoms with E-state index in [4.69, 9.17) is 4.74 Å². The summed E-state index contributed by atoms with van der Waals surface area (Å²) in [6, 6.07) is 7.67. The molecule has 1 aromatic heterocycles. The monoisotopic (exact) mass is 287 g/mol. The summed E-state index contributed by atoms with van der Waals surface area (Å²) >= 11 is 0. The molecule has 1 aliphatic carbocycles. The van der Waals surface area contributed by atoms with E-state index in [-0.39, 0.29) is 11.9 Å². The number of aryl methyl sites for hydroxylation is 1. The van der Waals surface area contributed by atoms with Gasteiger partial charge < -0.3 is 10.1 Å². The minimum atomic E-state index is -0.103. The molecule has 0 bridgehead atoms. The molecule has 112 valence electrons. The Hall–Kier alpha value is -1.88. The molecule has 1 heterocycles. The average molecular weight is 287 g/mol. The Labute approximate surface area is 124 Å². The number of hydrogen-bond donors (Lipinski definition) is 1.